The molecule has 2 N–H and O–H groups in total. The molecule has 1 heterocycles. The molecule has 4 aromatic carbocycles. The summed E-state index contributed by atoms with van der Waals surface area (Å²) >= 11 is 1.56. The molecule has 0 bridgehead atoms. The number of nitrogens with one attached hydrogen (secondary N) is 2. The van der Waals surface area contributed by atoms with E-state index in [1.54, 1.807) is 78.5 Å². The van der Waals surface area contributed by atoms with Crippen molar-refractivity contribution in [3.05, 3.63) is 131 Å². The van der Waals surface area contributed by atoms with Gasteiger partial charge in [-0.15, -0.1) is 11.8 Å². The van der Waals surface area contributed by atoms with Crippen molar-refractivity contribution in [1.29, 1.82) is 0 Å². The highest BCUT2D eigenvalue weighted by molar-refractivity contribution is 7.99. The highest BCUT2D eigenvalue weighted by atomic mass is 32.2. The average molecular weight is 606 g/mol. The minimum atomic E-state index is -0.492. The Labute approximate surface area is 260 Å². The molecule has 0 atom stereocenters. The molecule has 0 aromatic heterocycles. The van der Waals surface area contributed by atoms with E-state index in [4.69, 9.17) is 4.74 Å². The molecule has 1 aliphatic heterocycles. The standard InChI is InChI=1S/C35H31N3O5S/c1-2-43-31-19-9-6-14-25(31)22-30(37-32(39)24-12-4-3-5-13-24)33(40)36-26-15-10-16-27(23-26)44-21-11-20-38-34(41)28-17-7-8-18-29(28)35(38)42/h3-10,12-19,22-23H,2,11,20-21H2,1H3,(H,36,40)(H,37,39)/b30-22+. The summed E-state index contributed by atoms with van der Waals surface area (Å²) < 4.78 is 5.72. The van der Waals surface area contributed by atoms with Crippen molar-refractivity contribution >= 4 is 47.2 Å². The van der Waals surface area contributed by atoms with Crippen LogP contribution in [0, 0.1) is 0 Å². The van der Waals surface area contributed by atoms with Gasteiger partial charge in [-0.05, 0) is 73.7 Å². The fourth-order valence-electron chi connectivity index (χ4n) is 4.70. The summed E-state index contributed by atoms with van der Waals surface area (Å²) in [6.07, 6.45) is 2.21. The van der Waals surface area contributed by atoms with E-state index in [1.165, 1.54) is 4.90 Å². The predicted molar refractivity (Wildman–Crippen MR) is 172 cm³/mol. The Balaban J connectivity index is 1.25. The first-order chi connectivity index (χ1) is 21.4. The van der Waals surface area contributed by atoms with Crippen molar-refractivity contribution in [2.24, 2.45) is 0 Å². The number of nitrogens with zero attached hydrogens (tertiary/aromatic N) is 1. The summed E-state index contributed by atoms with van der Waals surface area (Å²) in [7, 11) is 0. The number of carbonyl (C=O) groups excluding carboxylic acids is 4. The number of hydrogen-bond donors (Lipinski definition) is 2. The van der Waals surface area contributed by atoms with Crippen LogP contribution >= 0.6 is 11.8 Å². The maximum atomic E-state index is 13.5. The summed E-state index contributed by atoms with van der Waals surface area (Å²) in [6, 6.07) is 30.2. The van der Waals surface area contributed by atoms with E-state index < -0.39 is 11.8 Å². The molecule has 44 heavy (non-hydrogen) atoms. The molecule has 4 aromatic rings. The molecule has 0 saturated carbocycles. The first-order valence-electron chi connectivity index (χ1n) is 14.2. The van der Waals surface area contributed by atoms with Gasteiger partial charge in [-0.1, -0.05) is 54.6 Å². The predicted octanol–water partition coefficient (Wildman–Crippen LogP) is 6.27. The summed E-state index contributed by atoms with van der Waals surface area (Å²) in [5, 5.41) is 5.65. The summed E-state index contributed by atoms with van der Waals surface area (Å²) in [4.78, 5) is 53.9. The third-order valence-corrected chi connectivity index (χ3v) is 7.89. The number of rotatable bonds is 12. The van der Waals surface area contributed by atoms with Crippen LogP contribution in [-0.2, 0) is 4.79 Å². The molecule has 0 radical (unpaired) electrons. The van der Waals surface area contributed by atoms with E-state index in [0.717, 1.165) is 4.90 Å². The van der Waals surface area contributed by atoms with E-state index in [9.17, 15) is 19.2 Å². The highest BCUT2D eigenvalue weighted by Gasteiger charge is 2.34. The van der Waals surface area contributed by atoms with Gasteiger partial charge in [-0.2, -0.15) is 0 Å². The van der Waals surface area contributed by atoms with E-state index in [1.807, 2.05) is 49.4 Å². The van der Waals surface area contributed by atoms with Gasteiger partial charge >= 0.3 is 0 Å². The second kappa shape index (κ2) is 14.3. The zero-order valence-electron chi connectivity index (χ0n) is 24.1. The SMILES string of the molecule is CCOc1ccccc1/C=C(/NC(=O)c1ccccc1)C(=O)Nc1cccc(SCCCN2C(=O)c3ccccc3C2=O)c1. The minimum Gasteiger partial charge on any atom is -0.493 e. The number of ether oxygens (including phenoxy) is 1. The number of thioether (sulfide) groups is 1. The molecule has 222 valence electrons. The molecular formula is C35H31N3O5S. The summed E-state index contributed by atoms with van der Waals surface area (Å²) in [6.45, 7) is 2.65. The normalized spacial score (nSPS) is 12.6. The fraction of sp³-hybridized carbons (Fsp3) is 0.143. The molecule has 8 nitrogen and oxygen atoms in total. The van der Waals surface area contributed by atoms with Crippen LogP contribution in [0.15, 0.2) is 114 Å². The average Bonchev–Trinajstić information content (AvgIpc) is 3.29. The molecule has 5 rings (SSSR count). The third-order valence-electron chi connectivity index (χ3n) is 6.81. The van der Waals surface area contributed by atoms with Crippen LogP contribution in [0.25, 0.3) is 6.08 Å². The molecule has 0 fully saturated rings. The number of fused-ring (bicyclic) bond motifs is 1. The van der Waals surface area contributed by atoms with Gasteiger partial charge in [-0.25, -0.2) is 0 Å². The highest BCUT2D eigenvalue weighted by Crippen LogP contribution is 2.26. The monoisotopic (exact) mass is 605 g/mol. The van der Waals surface area contributed by atoms with Gasteiger partial charge in [-0.3, -0.25) is 24.1 Å². The van der Waals surface area contributed by atoms with Crippen LogP contribution in [0.2, 0.25) is 0 Å². The van der Waals surface area contributed by atoms with Gasteiger partial charge in [0.2, 0.25) is 0 Å². The van der Waals surface area contributed by atoms with Crippen molar-refractivity contribution in [2.45, 2.75) is 18.2 Å². The molecule has 1 aliphatic rings. The van der Waals surface area contributed by atoms with Gasteiger partial charge in [0.05, 0.1) is 17.7 Å². The molecule has 0 unspecified atom stereocenters. The van der Waals surface area contributed by atoms with Crippen molar-refractivity contribution in [1.82, 2.24) is 10.2 Å². The topological polar surface area (TPSA) is 105 Å². The Morgan fingerprint density at radius 1 is 0.841 bits per heavy atom. The largest absolute Gasteiger partial charge is 0.493 e. The lowest BCUT2D eigenvalue weighted by atomic mass is 10.1. The van der Waals surface area contributed by atoms with Gasteiger partial charge in [0.15, 0.2) is 0 Å². The lowest BCUT2D eigenvalue weighted by molar-refractivity contribution is -0.113. The lowest BCUT2D eigenvalue weighted by Crippen LogP contribution is -2.31. The minimum absolute atomic E-state index is 0.0602. The van der Waals surface area contributed by atoms with E-state index in [2.05, 4.69) is 10.6 Å². The number of anilines is 1. The maximum absolute atomic E-state index is 13.5. The number of carbonyl (C=O) groups is 4. The van der Waals surface area contributed by atoms with Crippen LogP contribution in [0.5, 0.6) is 5.75 Å². The van der Waals surface area contributed by atoms with Gasteiger partial charge in [0, 0.05) is 28.3 Å². The lowest BCUT2D eigenvalue weighted by Gasteiger charge is -2.14. The van der Waals surface area contributed by atoms with Crippen LogP contribution in [0.1, 0.15) is 50.0 Å². The number of hydrogen-bond acceptors (Lipinski definition) is 6. The summed E-state index contributed by atoms with van der Waals surface area (Å²) in [5.41, 5.74) is 2.58. The number of para-hydroxylation sites is 1. The Morgan fingerprint density at radius 2 is 1.52 bits per heavy atom. The van der Waals surface area contributed by atoms with Crippen molar-refractivity contribution in [3.8, 4) is 5.75 Å². The Hall–Kier alpha value is -5.15. The van der Waals surface area contributed by atoms with Gasteiger partial charge in [0.1, 0.15) is 11.4 Å². The number of benzene rings is 4. The third kappa shape index (κ3) is 7.25. The smallest absolute Gasteiger partial charge is 0.272 e. The zero-order valence-corrected chi connectivity index (χ0v) is 24.9. The van der Waals surface area contributed by atoms with Gasteiger partial charge in [0.25, 0.3) is 23.6 Å². The van der Waals surface area contributed by atoms with Crippen LogP contribution in [-0.4, -0.2) is 47.4 Å². The summed E-state index contributed by atoms with van der Waals surface area (Å²) in [5.74, 6) is -0.164. The van der Waals surface area contributed by atoms with Crippen LogP contribution in [0.3, 0.4) is 0 Å². The number of imide groups is 1. The number of amides is 4. The van der Waals surface area contributed by atoms with Crippen molar-refractivity contribution in [3.63, 3.8) is 0 Å². The maximum Gasteiger partial charge on any atom is 0.272 e. The molecule has 0 aliphatic carbocycles. The Bertz CT molecular complexity index is 1690. The Morgan fingerprint density at radius 3 is 2.25 bits per heavy atom. The zero-order chi connectivity index (χ0) is 30.9. The quantitative estimate of drug-likeness (QED) is 0.0854. The molecule has 0 spiro atoms. The first-order valence-corrected chi connectivity index (χ1v) is 15.2. The van der Waals surface area contributed by atoms with E-state index in [0.29, 0.717) is 59.0 Å². The van der Waals surface area contributed by atoms with Crippen LogP contribution in [0.4, 0.5) is 5.69 Å². The van der Waals surface area contributed by atoms with Crippen molar-refractivity contribution < 1.29 is 23.9 Å². The van der Waals surface area contributed by atoms with E-state index in [-0.39, 0.29) is 17.5 Å². The van der Waals surface area contributed by atoms with Crippen molar-refractivity contribution in [2.75, 3.05) is 24.2 Å². The second-order valence-electron chi connectivity index (χ2n) is 9.84. The fourth-order valence-corrected chi connectivity index (χ4v) is 5.60. The molecular weight excluding hydrogens is 574 g/mol. The second-order valence-corrected chi connectivity index (χ2v) is 11.0. The molecule has 0 saturated heterocycles. The van der Waals surface area contributed by atoms with E-state index >= 15 is 0 Å². The Kier molecular flexibility index (Phi) is 9.89. The first kappa shape index (κ1) is 30.3. The molecule has 9 heteroatoms. The van der Waals surface area contributed by atoms with Crippen LogP contribution < -0.4 is 15.4 Å². The van der Waals surface area contributed by atoms with Gasteiger partial charge < -0.3 is 15.4 Å². The molecule has 4 amide bonds.